The van der Waals surface area contributed by atoms with Gasteiger partial charge in [0.1, 0.15) is 11.4 Å². The Hall–Kier alpha value is -2.77. The molecule has 0 radical (unpaired) electrons. The second-order valence-corrected chi connectivity index (χ2v) is 5.80. The van der Waals surface area contributed by atoms with E-state index in [-0.39, 0.29) is 5.91 Å². The molecule has 118 valence electrons. The van der Waals surface area contributed by atoms with Crippen LogP contribution in [-0.2, 0) is 19.5 Å². The minimum Gasteiger partial charge on any atom is -0.345 e. The molecule has 1 aliphatic rings. The highest BCUT2D eigenvalue weighted by atomic mass is 16.1. The topological polar surface area (TPSA) is 90.0 Å². The Morgan fingerprint density at radius 1 is 1.35 bits per heavy atom. The first kappa shape index (κ1) is 13.9. The normalized spacial score (nSPS) is 13.5. The standard InChI is InChI=1S/C15H17N7O/c1-9-6-10(2)22-14(18-9)11(7-17-22)15(23)16-8-13-20-19-12-4-3-5-21(12)13/h6-7H,3-5,8H2,1-2H3,(H,16,23). The predicted octanol–water partition coefficient (Wildman–Crippen LogP) is 0.814. The fourth-order valence-electron chi connectivity index (χ4n) is 3.03. The zero-order valence-electron chi connectivity index (χ0n) is 13.1. The summed E-state index contributed by atoms with van der Waals surface area (Å²) >= 11 is 0. The van der Waals surface area contributed by atoms with Gasteiger partial charge in [0.2, 0.25) is 0 Å². The molecule has 1 aliphatic heterocycles. The molecule has 23 heavy (non-hydrogen) atoms. The SMILES string of the molecule is Cc1cc(C)n2ncc(C(=O)NCc3nnc4n3CCC4)c2n1. The van der Waals surface area contributed by atoms with E-state index in [1.54, 1.807) is 10.7 Å². The molecule has 1 amide bonds. The Labute approximate surface area is 132 Å². The van der Waals surface area contributed by atoms with Gasteiger partial charge in [0.15, 0.2) is 11.5 Å². The second-order valence-electron chi connectivity index (χ2n) is 5.80. The van der Waals surface area contributed by atoms with E-state index in [1.165, 1.54) is 0 Å². The van der Waals surface area contributed by atoms with E-state index in [0.29, 0.717) is 17.8 Å². The van der Waals surface area contributed by atoms with Crippen LogP contribution in [-0.4, -0.2) is 35.3 Å². The van der Waals surface area contributed by atoms with Crippen LogP contribution in [0, 0.1) is 13.8 Å². The summed E-state index contributed by atoms with van der Waals surface area (Å²) in [5.41, 5.74) is 2.85. The third-order valence-electron chi connectivity index (χ3n) is 4.12. The quantitative estimate of drug-likeness (QED) is 0.773. The number of rotatable bonds is 3. The van der Waals surface area contributed by atoms with E-state index in [4.69, 9.17) is 0 Å². The van der Waals surface area contributed by atoms with Gasteiger partial charge in [-0.25, -0.2) is 9.50 Å². The summed E-state index contributed by atoms with van der Waals surface area (Å²) in [4.78, 5) is 16.9. The lowest BCUT2D eigenvalue weighted by Crippen LogP contribution is -2.24. The van der Waals surface area contributed by atoms with Gasteiger partial charge in [0, 0.05) is 24.4 Å². The number of aryl methyl sites for hydroxylation is 3. The maximum absolute atomic E-state index is 12.5. The molecule has 0 aliphatic carbocycles. The third kappa shape index (κ3) is 2.26. The Balaban J connectivity index is 1.57. The van der Waals surface area contributed by atoms with Gasteiger partial charge < -0.3 is 9.88 Å². The number of hydrogen-bond donors (Lipinski definition) is 1. The van der Waals surface area contributed by atoms with Crippen molar-refractivity contribution in [1.82, 2.24) is 34.7 Å². The summed E-state index contributed by atoms with van der Waals surface area (Å²) in [6.45, 7) is 5.12. The number of hydrogen-bond acceptors (Lipinski definition) is 5. The van der Waals surface area contributed by atoms with Gasteiger partial charge in [-0.2, -0.15) is 5.10 Å². The lowest BCUT2D eigenvalue weighted by molar-refractivity contribution is 0.0951. The lowest BCUT2D eigenvalue weighted by Gasteiger charge is -2.05. The molecule has 3 aromatic rings. The molecule has 0 aromatic carbocycles. The van der Waals surface area contributed by atoms with Crippen molar-refractivity contribution in [3.05, 3.63) is 40.9 Å². The Morgan fingerprint density at radius 2 is 2.22 bits per heavy atom. The van der Waals surface area contributed by atoms with Crippen LogP contribution in [0.15, 0.2) is 12.3 Å². The second kappa shape index (κ2) is 5.15. The number of nitrogens with one attached hydrogen (secondary N) is 1. The Kier molecular flexibility index (Phi) is 3.10. The summed E-state index contributed by atoms with van der Waals surface area (Å²) in [5, 5.41) is 15.4. The molecule has 8 nitrogen and oxygen atoms in total. The average molecular weight is 311 g/mol. The molecule has 0 bridgehead atoms. The molecule has 1 N–H and O–H groups in total. The molecular weight excluding hydrogens is 294 g/mol. The van der Waals surface area contributed by atoms with Crippen LogP contribution in [0.1, 0.15) is 39.8 Å². The van der Waals surface area contributed by atoms with Crippen LogP contribution in [0.4, 0.5) is 0 Å². The van der Waals surface area contributed by atoms with Crippen LogP contribution >= 0.6 is 0 Å². The Bertz CT molecular complexity index is 908. The molecule has 8 heteroatoms. The first-order chi connectivity index (χ1) is 11.1. The van der Waals surface area contributed by atoms with Gasteiger partial charge in [-0.3, -0.25) is 4.79 Å². The van der Waals surface area contributed by atoms with Crippen molar-refractivity contribution in [1.29, 1.82) is 0 Å². The molecular formula is C15H17N7O. The molecule has 0 saturated carbocycles. The average Bonchev–Trinajstić information content (AvgIpc) is 3.20. The van der Waals surface area contributed by atoms with Gasteiger partial charge in [-0.1, -0.05) is 0 Å². The van der Waals surface area contributed by atoms with Crippen molar-refractivity contribution in [3.8, 4) is 0 Å². The van der Waals surface area contributed by atoms with Gasteiger partial charge in [-0.15, -0.1) is 10.2 Å². The summed E-state index contributed by atoms with van der Waals surface area (Å²) < 4.78 is 3.75. The predicted molar refractivity (Wildman–Crippen MR) is 82.0 cm³/mol. The van der Waals surface area contributed by atoms with Crippen molar-refractivity contribution >= 4 is 11.6 Å². The summed E-state index contributed by atoms with van der Waals surface area (Å²) in [7, 11) is 0. The van der Waals surface area contributed by atoms with E-state index in [1.807, 2.05) is 19.9 Å². The monoisotopic (exact) mass is 311 g/mol. The van der Waals surface area contributed by atoms with Gasteiger partial charge in [0.25, 0.3) is 5.91 Å². The van der Waals surface area contributed by atoms with Crippen molar-refractivity contribution in [2.24, 2.45) is 0 Å². The minimum absolute atomic E-state index is 0.201. The molecule has 0 saturated heterocycles. The van der Waals surface area contributed by atoms with E-state index in [2.05, 4.69) is 30.2 Å². The van der Waals surface area contributed by atoms with Crippen LogP contribution in [0.25, 0.3) is 5.65 Å². The van der Waals surface area contributed by atoms with Crippen LogP contribution < -0.4 is 5.32 Å². The fraction of sp³-hybridized carbons (Fsp3) is 0.400. The summed E-state index contributed by atoms with van der Waals surface area (Å²) in [6, 6.07) is 1.93. The molecule has 0 atom stereocenters. The van der Waals surface area contributed by atoms with E-state index in [9.17, 15) is 4.79 Å². The maximum atomic E-state index is 12.5. The maximum Gasteiger partial charge on any atom is 0.257 e. The number of nitrogens with zero attached hydrogens (tertiary/aromatic N) is 6. The minimum atomic E-state index is -0.201. The summed E-state index contributed by atoms with van der Waals surface area (Å²) in [5.74, 6) is 1.59. The van der Waals surface area contributed by atoms with E-state index >= 15 is 0 Å². The molecule has 4 rings (SSSR count). The van der Waals surface area contributed by atoms with Gasteiger partial charge in [-0.05, 0) is 26.3 Å². The van der Waals surface area contributed by atoms with Crippen molar-refractivity contribution in [2.45, 2.75) is 39.8 Å². The van der Waals surface area contributed by atoms with Crippen LogP contribution in [0.5, 0.6) is 0 Å². The highest BCUT2D eigenvalue weighted by Gasteiger charge is 2.19. The van der Waals surface area contributed by atoms with Gasteiger partial charge in [0.05, 0.1) is 12.7 Å². The number of carbonyl (C=O) groups excluding carboxylic acids is 1. The highest BCUT2D eigenvalue weighted by molar-refractivity contribution is 5.99. The van der Waals surface area contributed by atoms with Gasteiger partial charge >= 0.3 is 0 Å². The third-order valence-corrected chi connectivity index (χ3v) is 4.12. The van der Waals surface area contributed by atoms with E-state index in [0.717, 1.165) is 42.4 Å². The number of fused-ring (bicyclic) bond motifs is 2. The first-order valence-corrected chi connectivity index (χ1v) is 7.64. The largest absolute Gasteiger partial charge is 0.345 e. The van der Waals surface area contributed by atoms with Crippen molar-refractivity contribution in [2.75, 3.05) is 0 Å². The zero-order valence-corrected chi connectivity index (χ0v) is 13.1. The fourth-order valence-corrected chi connectivity index (χ4v) is 3.03. The smallest absolute Gasteiger partial charge is 0.257 e. The van der Waals surface area contributed by atoms with E-state index < -0.39 is 0 Å². The lowest BCUT2D eigenvalue weighted by atomic mass is 10.3. The molecule has 0 unspecified atom stereocenters. The molecule has 3 aromatic heterocycles. The van der Waals surface area contributed by atoms with Crippen molar-refractivity contribution in [3.63, 3.8) is 0 Å². The summed E-state index contributed by atoms with van der Waals surface area (Å²) in [6.07, 6.45) is 3.60. The molecule has 0 fully saturated rings. The zero-order chi connectivity index (χ0) is 16.0. The first-order valence-electron chi connectivity index (χ1n) is 7.64. The van der Waals surface area contributed by atoms with Crippen LogP contribution in [0.2, 0.25) is 0 Å². The number of amides is 1. The number of aromatic nitrogens is 6. The molecule has 4 heterocycles. The van der Waals surface area contributed by atoms with Crippen LogP contribution in [0.3, 0.4) is 0 Å². The van der Waals surface area contributed by atoms with Crippen molar-refractivity contribution < 1.29 is 4.79 Å². The Morgan fingerprint density at radius 3 is 3.09 bits per heavy atom. The number of carbonyl (C=O) groups is 1. The highest BCUT2D eigenvalue weighted by Crippen LogP contribution is 2.15. The molecule has 0 spiro atoms.